The Balaban J connectivity index is 2.34. The van der Waals surface area contributed by atoms with E-state index in [9.17, 15) is 0 Å². The molecule has 2 rings (SSSR count). The Morgan fingerprint density at radius 1 is 1.14 bits per heavy atom. The molecule has 1 aromatic rings. The Morgan fingerprint density at radius 3 is 2.93 bits per heavy atom. The van der Waals surface area contributed by atoms with Crippen LogP contribution in [0, 0.1) is 0 Å². The van der Waals surface area contributed by atoms with Crippen molar-refractivity contribution in [2.45, 2.75) is 6.42 Å². The molecule has 0 atom stereocenters. The lowest BCUT2D eigenvalue weighted by Crippen LogP contribution is -1.96. The lowest BCUT2D eigenvalue weighted by atomic mass is 10.1. The zero-order chi connectivity index (χ0) is 9.80. The first-order chi connectivity index (χ1) is 6.86. The maximum atomic E-state index is 5.90. The Morgan fingerprint density at radius 2 is 2.00 bits per heavy atom. The Labute approximate surface area is 88.7 Å². The normalized spacial score (nSPS) is 19.5. The fourth-order valence-corrected chi connectivity index (χ4v) is 1.54. The number of allylic oxidation sites excluding steroid dienone is 3. The highest BCUT2D eigenvalue weighted by Gasteiger charge is 2.03. The first-order valence-corrected chi connectivity index (χ1v) is 4.97. The second kappa shape index (κ2) is 4.34. The summed E-state index contributed by atoms with van der Waals surface area (Å²) in [5, 5.41) is 0.718. The van der Waals surface area contributed by atoms with E-state index in [-0.39, 0.29) is 0 Å². The van der Waals surface area contributed by atoms with Gasteiger partial charge < -0.3 is 4.74 Å². The van der Waals surface area contributed by atoms with Crippen LogP contribution in [0.4, 0.5) is 0 Å². The molecule has 0 fully saturated rings. The van der Waals surface area contributed by atoms with Crippen LogP contribution in [0.5, 0.6) is 5.75 Å². The molecule has 72 valence electrons. The fourth-order valence-electron chi connectivity index (χ4n) is 1.38. The molecule has 0 saturated carbocycles. The van der Waals surface area contributed by atoms with Gasteiger partial charge in [0.05, 0.1) is 0 Å². The molecule has 0 bridgehead atoms. The third kappa shape index (κ3) is 2.18. The molecule has 0 aliphatic carbocycles. The van der Waals surface area contributed by atoms with Crippen molar-refractivity contribution in [2.75, 3.05) is 6.61 Å². The molecular weight excluding hydrogens is 196 g/mol. The van der Waals surface area contributed by atoms with E-state index in [2.05, 4.69) is 6.08 Å². The summed E-state index contributed by atoms with van der Waals surface area (Å²) in [6, 6.07) is 5.76. The van der Waals surface area contributed by atoms with E-state index in [1.807, 2.05) is 36.4 Å². The molecule has 1 aliphatic heterocycles. The number of rotatable bonds is 0. The fraction of sp³-hybridized carbons (Fsp3) is 0.167. The van der Waals surface area contributed by atoms with Gasteiger partial charge in [0, 0.05) is 5.02 Å². The molecule has 1 aliphatic rings. The highest BCUT2D eigenvalue weighted by Crippen LogP contribution is 2.24. The number of benzene rings is 1. The van der Waals surface area contributed by atoms with Gasteiger partial charge in [-0.2, -0.15) is 0 Å². The summed E-state index contributed by atoms with van der Waals surface area (Å²) in [5.74, 6) is 0.883. The van der Waals surface area contributed by atoms with E-state index in [4.69, 9.17) is 16.3 Å². The van der Waals surface area contributed by atoms with Crippen molar-refractivity contribution >= 4 is 11.6 Å². The Hall–Kier alpha value is -1.21. The summed E-state index contributed by atoms with van der Waals surface area (Å²) in [6.07, 6.45) is 9.00. The lowest BCUT2D eigenvalue weighted by molar-refractivity contribution is 0.360. The molecule has 14 heavy (non-hydrogen) atoms. The number of fused-ring (bicyclic) bond motifs is 1. The number of ether oxygens (including phenoxy) is 1. The predicted octanol–water partition coefficient (Wildman–Crippen LogP) is 3.39. The van der Waals surface area contributed by atoms with Gasteiger partial charge in [0.2, 0.25) is 0 Å². The zero-order valence-electron chi connectivity index (χ0n) is 7.74. The van der Waals surface area contributed by atoms with E-state index in [1.54, 1.807) is 0 Å². The Bertz CT molecular complexity index is 380. The first-order valence-electron chi connectivity index (χ1n) is 4.59. The van der Waals surface area contributed by atoms with Crippen LogP contribution in [0.1, 0.15) is 5.56 Å². The van der Waals surface area contributed by atoms with Crippen LogP contribution in [-0.2, 0) is 6.42 Å². The molecule has 0 amide bonds. The number of hydrogen-bond donors (Lipinski definition) is 0. The Kier molecular flexibility index (Phi) is 2.90. The van der Waals surface area contributed by atoms with Crippen LogP contribution in [0.25, 0.3) is 0 Å². The molecule has 1 heterocycles. The van der Waals surface area contributed by atoms with Gasteiger partial charge in [-0.15, -0.1) is 0 Å². The van der Waals surface area contributed by atoms with Crippen molar-refractivity contribution in [3.8, 4) is 5.75 Å². The van der Waals surface area contributed by atoms with Gasteiger partial charge in [-0.1, -0.05) is 35.9 Å². The van der Waals surface area contributed by atoms with E-state index in [1.165, 1.54) is 5.56 Å². The van der Waals surface area contributed by atoms with E-state index in [0.717, 1.165) is 17.2 Å². The van der Waals surface area contributed by atoms with Gasteiger partial charge in [0.25, 0.3) is 0 Å². The van der Waals surface area contributed by atoms with E-state index in [0.29, 0.717) is 6.61 Å². The maximum Gasteiger partial charge on any atom is 0.124 e. The lowest BCUT2D eigenvalue weighted by Gasteiger charge is -2.08. The van der Waals surface area contributed by atoms with Gasteiger partial charge in [0.1, 0.15) is 12.4 Å². The third-order valence-corrected chi connectivity index (χ3v) is 2.32. The average molecular weight is 207 g/mol. The second-order valence-electron chi connectivity index (χ2n) is 3.12. The second-order valence-corrected chi connectivity index (χ2v) is 3.56. The molecule has 0 spiro atoms. The van der Waals surface area contributed by atoms with Gasteiger partial charge >= 0.3 is 0 Å². The molecular formula is C12H11ClO. The van der Waals surface area contributed by atoms with Crippen molar-refractivity contribution in [2.24, 2.45) is 0 Å². The molecule has 0 saturated heterocycles. The van der Waals surface area contributed by atoms with Crippen LogP contribution in [0.15, 0.2) is 42.5 Å². The molecule has 0 unspecified atom stereocenters. The topological polar surface area (TPSA) is 9.23 Å². The maximum absolute atomic E-state index is 5.90. The molecule has 2 heteroatoms. The predicted molar refractivity (Wildman–Crippen MR) is 58.9 cm³/mol. The summed E-state index contributed by atoms with van der Waals surface area (Å²) in [7, 11) is 0. The van der Waals surface area contributed by atoms with Crippen molar-refractivity contribution in [3.63, 3.8) is 0 Å². The van der Waals surface area contributed by atoms with Crippen molar-refractivity contribution in [1.29, 1.82) is 0 Å². The highest BCUT2D eigenvalue weighted by molar-refractivity contribution is 6.30. The van der Waals surface area contributed by atoms with Crippen LogP contribution in [0.3, 0.4) is 0 Å². The smallest absolute Gasteiger partial charge is 0.124 e. The van der Waals surface area contributed by atoms with Gasteiger partial charge in [0.15, 0.2) is 0 Å². The van der Waals surface area contributed by atoms with Gasteiger partial charge in [-0.25, -0.2) is 0 Å². The van der Waals surface area contributed by atoms with E-state index >= 15 is 0 Å². The summed E-state index contributed by atoms with van der Waals surface area (Å²) >= 11 is 5.90. The van der Waals surface area contributed by atoms with Crippen molar-refractivity contribution in [3.05, 3.63) is 53.1 Å². The van der Waals surface area contributed by atoms with Crippen LogP contribution >= 0.6 is 11.6 Å². The molecule has 0 aromatic heterocycles. The highest BCUT2D eigenvalue weighted by atomic mass is 35.5. The first kappa shape index (κ1) is 9.35. The van der Waals surface area contributed by atoms with Crippen molar-refractivity contribution in [1.82, 2.24) is 0 Å². The summed E-state index contributed by atoms with van der Waals surface area (Å²) in [4.78, 5) is 0. The summed E-state index contributed by atoms with van der Waals surface area (Å²) in [5.41, 5.74) is 1.18. The largest absolute Gasteiger partial charge is 0.489 e. The monoisotopic (exact) mass is 206 g/mol. The third-order valence-electron chi connectivity index (χ3n) is 2.09. The molecule has 0 N–H and O–H groups in total. The summed E-state index contributed by atoms with van der Waals surface area (Å²) in [6.45, 7) is 0.595. The van der Waals surface area contributed by atoms with Crippen LogP contribution < -0.4 is 4.74 Å². The van der Waals surface area contributed by atoms with Crippen LogP contribution in [0.2, 0.25) is 5.02 Å². The minimum absolute atomic E-state index is 0.595. The minimum atomic E-state index is 0.595. The van der Waals surface area contributed by atoms with Crippen LogP contribution in [-0.4, -0.2) is 6.61 Å². The minimum Gasteiger partial charge on any atom is -0.489 e. The molecule has 1 aromatic carbocycles. The number of halogens is 1. The molecule has 0 radical (unpaired) electrons. The van der Waals surface area contributed by atoms with Crippen molar-refractivity contribution < 1.29 is 4.74 Å². The number of hydrogen-bond acceptors (Lipinski definition) is 1. The van der Waals surface area contributed by atoms with E-state index < -0.39 is 0 Å². The van der Waals surface area contributed by atoms with Gasteiger partial charge in [-0.05, 0) is 30.2 Å². The molecule has 1 nitrogen and oxygen atoms in total. The zero-order valence-corrected chi connectivity index (χ0v) is 8.50. The quantitative estimate of drug-likeness (QED) is 0.632. The standard InChI is InChI=1S/C12H11ClO/c13-11-7-6-10-5-3-1-2-4-8-14-12(10)9-11/h1-4,6-7,9H,5,8H2/b3-1-,4-2-. The average Bonchev–Trinajstić information content (AvgIpc) is 2.29. The van der Waals surface area contributed by atoms with Gasteiger partial charge in [-0.3, -0.25) is 0 Å². The SMILES string of the molecule is Clc1ccc2c(c1)OC/C=C\C=C/C2. The summed E-state index contributed by atoms with van der Waals surface area (Å²) < 4.78 is 5.58.